The van der Waals surface area contributed by atoms with Crippen LogP contribution in [0.25, 0.3) is 0 Å². The fourth-order valence-electron chi connectivity index (χ4n) is 3.61. The van der Waals surface area contributed by atoms with Crippen molar-refractivity contribution in [3.63, 3.8) is 0 Å². The highest BCUT2D eigenvalue weighted by Gasteiger charge is 2.42. The Morgan fingerprint density at radius 3 is 2.61 bits per heavy atom. The molecule has 0 saturated heterocycles. The Kier molecular flexibility index (Phi) is 6.54. The average molecular weight is 435 g/mol. The van der Waals surface area contributed by atoms with Gasteiger partial charge in [0.05, 0.1) is 23.2 Å². The molecule has 2 heterocycles. The number of nitrogens with two attached hydrogens (primary N) is 1. The van der Waals surface area contributed by atoms with Crippen molar-refractivity contribution in [2.45, 2.75) is 39.0 Å². The monoisotopic (exact) mass is 435 g/mol. The van der Waals surface area contributed by atoms with E-state index in [0.29, 0.717) is 16.9 Å². The molecule has 3 N–H and O–H groups in total. The normalized spacial score (nSPS) is 16.1. The Morgan fingerprint density at radius 2 is 1.97 bits per heavy atom. The van der Waals surface area contributed by atoms with Crippen LogP contribution < -0.4 is 15.8 Å². The van der Waals surface area contributed by atoms with Crippen molar-refractivity contribution in [3.05, 3.63) is 64.5 Å². The number of halogens is 3. The number of anilines is 1. The topological polar surface area (TPSA) is 86.5 Å². The Labute approximate surface area is 178 Å². The van der Waals surface area contributed by atoms with E-state index in [0.717, 1.165) is 6.07 Å². The van der Waals surface area contributed by atoms with E-state index in [1.165, 1.54) is 24.4 Å². The number of fused-ring (bicyclic) bond motifs is 1. The molecule has 6 nitrogen and oxygen atoms in total. The third-order valence-electron chi connectivity index (χ3n) is 4.75. The zero-order valence-corrected chi connectivity index (χ0v) is 17.4. The first-order valence-corrected chi connectivity index (χ1v) is 9.81. The molecule has 166 valence electrons. The summed E-state index contributed by atoms with van der Waals surface area (Å²) in [6, 6.07) is 6.81. The zero-order valence-electron chi connectivity index (χ0n) is 17.4. The summed E-state index contributed by atoms with van der Waals surface area (Å²) < 4.78 is 52.7. The number of ether oxygens (including phenoxy) is 2. The van der Waals surface area contributed by atoms with Gasteiger partial charge in [-0.15, -0.1) is 0 Å². The minimum atomic E-state index is -4.62. The summed E-state index contributed by atoms with van der Waals surface area (Å²) in [5.41, 5.74) is 5.81. The Hall–Kier alpha value is -3.07. The molecule has 0 bridgehead atoms. The fraction of sp³-hybridized carbons (Fsp3) is 0.364. The van der Waals surface area contributed by atoms with Gasteiger partial charge in [0, 0.05) is 29.7 Å². The quantitative estimate of drug-likeness (QED) is 0.661. The van der Waals surface area contributed by atoms with Gasteiger partial charge >= 0.3 is 12.1 Å². The smallest absolute Gasteiger partial charge is 0.416 e. The number of nitrogens with zero attached hydrogens (tertiary/aromatic N) is 1. The molecule has 0 spiro atoms. The van der Waals surface area contributed by atoms with E-state index in [1.54, 1.807) is 26.8 Å². The van der Waals surface area contributed by atoms with E-state index in [2.05, 4.69) is 10.3 Å². The number of allylic oxidation sites excluding steroid dienone is 1. The van der Waals surface area contributed by atoms with Crippen molar-refractivity contribution < 1.29 is 27.4 Å². The third-order valence-corrected chi connectivity index (χ3v) is 4.75. The number of pyridine rings is 1. The highest BCUT2D eigenvalue weighted by Crippen LogP contribution is 2.48. The van der Waals surface area contributed by atoms with E-state index in [9.17, 15) is 18.0 Å². The summed E-state index contributed by atoms with van der Waals surface area (Å²) in [7, 11) is 0. The van der Waals surface area contributed by atoms with Crippen LogP contribution >= 0.6 is 0 Å². The molecule has 0 aliphatic carbocycles. The average Bonchev–Trinajstić information content (AvgIpc) is 2.70. The van der Waals surface area contributed by atoms with Gasteiger partial charge in [0.25, 0.3) is 0 Å². The van der Waals surface area contributed by atoms with Gasteiger partial charge in [-0.1, -0.05) is 18.2 Å². The molecule has 31 heavy (non-hydrogen) atoms. The van der Waals surface area contributed by atoms with Crippen molar-refractivity contribution in [1.29, 1.82) is 0 Å². The maximum atomic E-state index is 13.9. The number of alkyl halides is 3. The first kappa shape index (κ1) is 22.6. The van der Waals surface area contributed by atoms with Crippen LogP contribution in [0.5, 0.6) is 5.88 Å². The van der Waals surface area contributed by atoms with Gasteiger partial charge in [0.2, 0.25) is 5.88 Å². The molecule has 1 aliphatic rings. The second-order valence-corrected chi connectivity index (χ2v) is 7.35. The summed E-state index contributed by atoms with van der Waals surface area (Å²) in [6.45, 7) is 5.23. The predicted molar refractivity (Wildman–Crippen MR) is 110 cm³/mol. The summed E-state index contributed by atoms with van der Waals surface area (Å²) in [5, 5.41) is 3.09. The van der Waals surface area contributed by atoms with Gasteiger partial charge in [0.15, 0.2) is 0 Å². The van der Waals surface area contributed by atoms with Crippen molar-refractivity contribution in [2.75, 3.05) is 18.5 Å². The van der Waals surface area contributed by atoms with Crippen LogP contribution in [0.4, 0.5) is 18.9 Å². The molecule has 9 heteroatoms. The molecule has 3 rings (SSSR count). The van der Waals surface area contributed by atoms with Crippen molar-refractivity contribution in [3.8, 4) is 5.88 Å². The van der Waals surface area contributed by atoms with Gasteiger partial charge in [-0.25, -0.2) is 9.78 Å². The minimum Gasteiger partial charge on any atom is -0.475 e. The highest BCUT2D eigenvalue weighted by atomic mass is 19.4. The van der Waals surface area contributed by atoms with Crippen LogP contribution in [0.2, 0.25) is 0 Å². The van der Waals surface area contributed by atoms with Crippen LogP contribution in [-0.4, -0.2) is 30.2 Å². The Balaban J connectivity index is 2.30. The zero-order chi connectivity index (χ0) is 22.8. The van der Waals surface area contributed by atoms with Gasteiger partial charge in [-0.3, -0.25) is 0 Å². The first-order valence-electron chi connectivity index (χ1n) is 9.81. The summed E-state index contributed by atoms with van der Waals surface area (Å²) >= 11 is 0. The van der Waals surface area contributed by atoms with Crippen LogP contribution in [0.15, 0.2) is 47.8 Å². The minimum absolute atomic E-state index is 0.0549. The number of nitrogens with one attached hydrogen (secondary N) is 1. The number of carbonyl (C=O) groups is 1. The summed E-state index contributed by atoms with van der Waals surface area (Å²) in [4.78, 5) is 17.2. The lowest BCUT2D eigenvalue weighted by atomic mass is 9.79. The summed E-state index contributed by atoms with van der Waals surface area (Å²) in [5.74, 6) is -1.69. The molecule has 1 atom stereocenters. The van der Waals surface area contributed by atoms with E-state index in [1.807, 2.05) is 0 Å². The van der Waals surface area contributed by atoms with Crippen molar-refractivity contribution >= 4 is 11.7 Å². The van der Waals surface area contributed by atoms with Gasteiger partial charge in [0.1, 0.15) is 6.61 Å². The highest BCUT2D eigenvalue weighted by molar-refractivity contribution is 5.95. The van der Waals surface area contributed by atoms with E-state index in [-0.39, 0.29) is 36.3 Å². The second kappa shape index (κ2) is 8.97. The van der Waals surface area contributed by atoms with E-state index < -0.39 is 23.6 Å². The molecular weight excluding hydrogens is 411 g/mol. The van der Waals surface area contributed by atoms with Gasteiger partial charge in [-0.05, 0) is 38.5 Å². The number of hydrogen-bond donors (Lipinski definition) is 2. The number of carbonyl (C=O) groups excluding carboxylic acids is 1. The second-order valence-electron chi connectivity index (χ2n) is 7.35. The number of benzene rings is 1. The third kappa shape index (κ3) is 4.66. The van der Waals surface area contributed by atoms with E-state index in [4.69, 9.17) is 15.2 Å². The lowest BCUT2D eigenvalue weighted by Gasteiger charge is -2.32. The van der Waals surface area contributed by atoms with Gasteiger partial charge in [-0.2, -0.15) is 13.2 Å². The largest absolute Gasteiger partial charge is 0.475 e. The fourth-order valence-corrected chi connectivity index (χ4v) is 3.61. The number of rotatable bonds is 6. The number of aromatic nitrogens is 1. The SMILES string of the molecule is CC1=C(C(=O)OCCN)C(c2ccccc2C(F)(F)F)c2c(ccnc2OC(C)C)N1. The van der Waals surface area contributed by atoms with Crippen LogP contribution in [0, 0.1) is 0 Å². The van der Waals surface area contributed by atoms with Crippen molar-refractivity contribution in [1.82, 2.24) is 4.98 Å². The number of esters is 1. The molecular formula is C22H24F3N3O3. The van der Waals surface area contributed by atoms with Crippen LogP contribution in [0.3, 0.4) is 0 Å². The molecule has 2 aromatic rings. The molecule has 0 fully saturated rings. The summed E-state index contributed by atoms with van der Waals surface area (Å²) in [6.07, 6.45) is -3.40. The predicted octanol–water partition coefficient (Wildman–Crippen LogP) is 4.22. The Morgan fingerprint density at radius 1 is 1.26 bits per heavy atom. The lowest BCUT2D eigenvalue weighted by molar-refractivity contribution is -0.140. The van der Waals surface area contributed by atoms with Crippen molar-refractivity contribution in [2.24, 2.45) is 5.73 Å². The molecule has 1 unspecified atom stereocenters. The molecule has 0 radical (unpaired) electrons. The standard InChI is InChI=1S/C22H24F3N3O3/c1-12(2)31-20-19-16(8-10-27-20)28-13(3)17(21(29)30-11-9-26)18(19)14-6-4-5-7-15(14)22(23,24)25/h4-8,10,12,18,28H,9,11,26H2,1-3H3. The van der Waals surface area contributed by atoms with Gasteiger partial charge < -0.3 is 20.5 Å². The maximum Gasteiger partial charge on any atom is 0.416 e. The maximum absolute atomic E-state index is 13.9. The molecule has 1 aromatic heterocycles. The van der Waals surface area contributed by atoms with Crippen LogP contribution in [0.1, 0.15) is 43.4 Å². The Bertz CT molecular complexity index is 1000. The lowest BCUT2D eigenvalue weighted by Crippen LogP contribution is -2.28. The first-order chi connectivity index (χ1) is 14.6. The van der Waals surface area contributed by atoms with Crippen LogP contribution in [-0.2, 0) is 15.7 Å². The van der Waals surface area contributed by atoms with E-state index >= 15 is 0 Å². The molecule has 1 aromatic carbocycles. The number of hydrogen-bond acceptors (Lipinski definition) is 6. The molecule has 0 amide bonds. The molecule has 0 saturated carbocycles. The molecule has 1 aliphatic heterocycles.